The van der Waals surface area contributed by atoms with Crippen LogP contribution in [0.25, 0.3) is 11.1 Å². The van der Waals surface area contributed by atoms with Crippen LogP contribution in [0.3, 0.4) is 0 Å². The summed E-state index contributed by atoms with van der Waals surface area (Å²) in [6.45, 7) is 3.93. The topological polar surface area (TPSA) is 44.2 Å². The smallest absolute Gasteiger partial charge is 0.192 e. The van der Waals surface area contributed by atoms with Crippen LogP contribution in [0.5, 0.6) is 11.5 Å². The van der Waals surface area contributed by atoms with Crippen molar-refractivity contribution in [1.82, 2.24) is 9.97 Å². The largest absolute Gasteiger partial charge is 0.496 e. The first kappa shape index (κ1) is 13.1. The Balaban J connectivity index is 2.63. The van der Waals surface area contributed by atoms with E-state index >= 15 is 0 Å². The molecule has 2 rings (SSSR count). The second-order valence-corrected chi connectivity index (χ2v) is 4.30. The number of hydrogen-bond donors (Lipinski definition) is 0. The maximum absolute atomic E-state index is 5.41. The number of methoxy groups -OCH3 is 1. The zero-order valence-corrected chi connectivity index (χ0v) is 12.6. The van der Waals surface area contributed by atoms with Crippen molar-refractivity contribution in [3.8, 4) is 22.6 Å². The molecule has 0 bridgehead atoms. The van der Waals surface area contributed by atoms with Crippen LogP contribution in [0.2, 0.25) is 0 Å². The van der Waals surface area contributed by atoms with Gasteiger partial charge in [-0.05, 0) is 26.0 Å². The summed E-state index contributed by atoms with van der Waals surface area (Å²) in [4.78, 5) is 8.47. The fraction of sp³-hybridized carbons (Fsp3) is 0.231. The van der Waals surface area contributed by atoms with E-state index in [-0.39, 0.29) is 0 Å². The Kier molecular flexibility index (Phi) is 4.00. The van der Waals surface area contributed by atoms with E-state index in [1.807, 2.05) is 55.1 Å². The highest BCUT2D eigenvalue weighted by atomic mass is 127. The predicted molar refractivity (Wildman–Crippen MR) is 78.1 cm³/mol. The zero-order chi connectivity index (χ0) is 13.1. The van der Waals surface area contributed by atoms with Crippen LogP contribution in [-0.4, -0.2) is 17.1 Å². The van der Waals surface area contributed by atoms with Crippen LogP contribution in [0, 0.1) is 13.8 Å². The van der Waals surface area contributed by atoms with E-state index in [0.29, 0.717) is 0 Å². The lowest BCUT2D eigenvalue weighted by molar-refractivity contribution is 0.415. The van der Waals surface area contributed by atoms with E-state index in [9.17, 15) is 0 Å². The number of benzene rings is 1. The van der Waals surface area contributed by atoms with Crippen molar-refractivity contribution in [1.29, 1.82) is 0 Å². The van der Waals surface area contributed by atoms with Crippen molar-refractivity contribution in [2.24, 2.45) is 0 Å². The molecule has 0 saturated heterocycles. The van der Waals surface area contributed by atoms with Gasteiger partial charge in [-0.25, -0.2) is 9.97 Å². The summed E-state index contributed by atoms with van der Waals surface area (Å²) in [5, 5.41) is 0. The SMILES string of the molecule is COc1cc(OI)ccc1-c1c(C)ncnc1C. The van der Waals surface area contributed by atoms with Gasteiger partial charge in [0.05, 0.1) is 7.11 Å². The molecule has 0 aliphatic heterocycles. The van der Waals surface area contributed by atoms with Gasteiger partial charge in [-0.1, -0.05) is 0 Å². The van der Waals surface area contributed by atoms with E-state index < -0.39 is 0 Å². The standard InChI is InChI=1S/C13H13IN2O2/c1-8-13(9(2)16-7-15-8)11-5-4-10(18-14)6-12(11)17-3/h4-7H,1-3H3. The quantitative estimate of drug-likeness (QED) is 0.790. The van der Waals surface area contributed by atoms with Crippen LogP contribution in [0.4, 0.5) is 0 Å². The third-order valence-electron chi connectivity index (χ3n) is 2.76. The Bertz CT molecular complexity index is 553. The zero-order valence-electron chi connectivity index (χ0n) is 10.4. The molecule has 0 spiro atoms. The van der Waals surface area contributed by atoms with Crippen molar-refractivity contribution in [2.45, 2.75) is 13.8 Å². The molecule has 4 nitrogen and oxygen atoms in total. The lowest BCUT2D eigenvalue weighted by atomic mass is 10.0. The third-order valence-corrected chi connectivity index (χ3v) is 3.27. The highest BCUT2D eigenvalue weighted by Crippen LogP contribution is 2.36. The number of aromatic nitrogens is 2. The first-order chi connectivity index (χ1) is 8.67. The first-order valence-corrected chi connectivity index (χ1v) is 6.30. The second-order valence-electron chi connectivity index (χ2n) is 3.86. The predicted octanol–water partition coefficient (Wildman–Crippen LogP) is 3.50. The average molecular weight is 356 g/mol. The van der Waals surface area contributed by atoms with E-state index in [2.05, 4.69) is 9.97 Å². The van der Waals surface area contributed by atoms with Gasteiger partial charge in [-0.15, -0.1) is 0 Å². The summed E-state index contributed by atoms with van der Waals surface area (Å²) in [6.07, 6.45) is 1.57. The minimum Gasteiger partial charge on any atom is -0.496 e. The number of nitrogens with zero attached hydrogens (tertiary/aromatic N) is 2. The van der Waals surface area contributed by atoms with Crippen molar-refractivity contribution in [3.63, 3.8) is 0 Å². The van der Waals surface area contributed by atoms with Crippen molar-refractivity contribution in [2.75, 3.05) is 7.11 Å². The van der Waals surface area contributed by atoms with E-state index in [4.69, 9.17) is 7.80 Å². The van der Waals surface area contributed by atoms with Crippen LogP contribution in [-0.2, 0) is 0 Å². The van der Waals surface area contributed by atoms with Gasteiger partial charge in [-0.2, -0.15) is 0 Å². The number of hydrogen-bond acceptors (Lipinski definition) is 4. The average Bonchev–Trinajstić information content (AvgIpc) is 2.38. The molecule has 1 aromatic carbocycles. The molecule has 0 unspecified atom stereocenters. The fourth-order valence-corrected chi connectivity index (χ4v) is 2.18. The van der Waals surface area contributed by atoms with Gasteiger partial charge in [0, 0.05) is 28.6 Å². The second kappa shape index (κ2) is 5.51. The molecular formula is C13H13IN2O2. The van der Waals surface area contributed by atoms with Crippen molar-refractivity contribution in [3.05, 3.63) is 35.9 Å². The lowest BCUT2D eigenvalue weighted by Crippen LogP contribution is -1.97. The molecule has 0 fully saturated rings. The minimum atomic E-state index is 0.753. The molecule has 0 amide bonds. The first-order valence-electron chi connectivity index (χ1n) is 5.42. The highest BCUT2D eigenvalue weighted by Gasteiger charge is 2.13. The van der Waals surface area contributed by atoms with Crippen LogP contribution in [0.15, 0.2) is 24.5 Å². The molecular weight excluding hydrogens is 343 g/mol. The summed E-state index contributed by atoms with van der Waals surface area (Å²) < 4.78 is 10.6. The maximum Gasteiger partial charge on any atom is 0.192 e. The van der Waals surface area contributed by atoms with Gasteiger partial charge >= 0.3 is 0 Å². The number of halogens is 1. The van der Waals surface area contributed by atoms with E-state index in [1.54, 1.807) is 13.4 Å². The van der Waals surface area contributed by atoms with E-state index in [1.165, 1.54) is 0 Å². The minimum absolute atomic E-state index is 0.753. The maximum atomic E-state index is 5.41. The Morgan fingerprint density at radius 1 is 1.11 bits per heavy atom. The molecule has 18 heavy (non-hydrogen) atoms. The molecule has 0 aliphatic carbocycles. The molecule has 0 aliphatic rings. The summed E-state index contributed by atoms with van der Waals surface area (Å²) >= 11 is 1.85. The van der Waals surface area contributed by atoms with Crippen LogP contribution < -0.4 is 7.80 Å². The normalized spacial score (nSPS) is 10.2. The van der Waals surface area contributed by atoms with Gasteiger partial charge < -0.3 is 7.80 Å². The monoisotopic (exact) mass is 356 g/mol. The molecule has 0 N–H and O–H groups in total. The molecule has 0 radical (unpaired) electrons. The third kappa shape index (κ3) is 2.40. The van der Waals surface area contributed by atoms with Gasteiger partial charge in [-0.3, -0.25) is 0 Å². The summed E-state index contributed by atoms with van der Waals surface area (Å²) in [5.74, 6) is 1.51. The van der Waals surface area contributed by atoms with Gasteiger partial charge in [0.1, 0.15) is 17.8 Å². The molecule has 1 heterocycles. The lowest BCUT2D eigenvalue weighted by Gasteiger charge is -2.13. The fourth-order valence-electron chi connectivity index (χ4n) is 1.91. The number of aryl methyl sites for hydroxylation is 2. The van der Waals surface area contributed by atoms with Crippen molar-refractivity contribution < 1.29 is 7.80 Å². The highest BCUT2D eigenvalue weighted by molar-refractivity contribution is 14.1. The molecule has 1 aromatic heterocycles. The molecule has 0 saturated carbocycles. The number of ether oxygens (including phenoxy) is 1. The van der Waals surface area contributed by atoms with Gasteiger partial charge in [0.25, 0.3) is 0 Å². The van der Waals surface area contributed by atoms with E-state index in [0.717, 1.165) is 34.0 Å². The summed E-state index contributed by atoms with van der Waals surface area (Å²) in [7, 11) is 1.64. The Morgan fingerprint density at radius 3 is 2.33 bits per heavy atom. The number of rotatable bonds is 3. The molecule has 94 valence electrons. The molecule has 0 atom stereocenters. The Hall–Kier alpha value is -1.37. The van der Waals surface area contributed by atoms with Gasteiger partial charge in [0.15, 0.2) is 23.0 Å². The summed E-state index contributed by atoms with van der Waals surface area (Å²) in [5.41, 5.74) is 3.85. The van der Waals surface area contributed by atoms with Crippen LogP contribution in [0.1, 0.15) is 11.4 Å². The Labute approximate surface area is 120 Å². The molecule has 5 heteroatoms. The molecule has 2 aromatic rings. The van der Waals surface area contributed by atoms with Gasteiger partial charge in [0.2, 0.25) is 0 Å². The van der Waals surface area contributed by atoms with Crippen LogP contribution >= 0.6 is 23.0 Å². The summed E-state index contributed by atoms with van der Waals surface area (Å²) in [6, 6.07) is 5.72. The Morgan fingerprint density at radius 2 is 1.78 bits per heavy atom. The van der Waals surface area contributed by atoms with Crippen molar-refractivity contribution >= 4 is 23.0 Å².